The van der Waals surface area contributed by atoms with Crippen molar-refractivity contribution in [3.8, 4) is 11.5 Å². The van der Waals surface area contributed by atoms with E-state index in [0.717, 1.165) is 59.9 Å². The molecule has 0 fully saturated rings. The third-order valence-corrected chi connectivity index (χ3v) is 4.03. The lowest BCUT2D eigenvalue weighted by molar-refractivity contribution is 0.663. The molecule has 1 N–H and O–H groups in total. The Balaban J connectivity index is 2.47. The number of nitrogens with zero attached hydrogens (tertiary/aromatic N) is 4. The number of halogens is 1. The fraction of sp³-hybridized carbons (Fsp3) is 0.533. The van der Waals surface area contributed by atoms with E-state index in [1.54, 1.807) is 6.20 Å². The van der Waals surface area contributed by atoms with E-state index in [9.17, 15) is 0 Å². The van der Waals surface area contributed by atoms with E-state index in [1.807, 2.05) is 10.7 Å². The fourth-order valence-electron chi connectivity index (χ4n) is 2.15. The molecule has 0 aliphatic carbocycles. The minimum absolute atomic E-state index is 0.736. The van der Waals surface area contributed by atoms with E-state index in [0.29, 0.717) is 0 Å². The van der Waals surface area contributed by atoms with Crippen LogP contribution in [0.4, 0.5) is 5.82 Å². The van der Waals surface area contributed by atoms with Crippen LogP contribution in [0.2, 0.25) is 0 Å². The van der Waals surface area contributed by atoms with Gasteiger partial charge < -0.3 is 5.32 Å². The van der Waals surface area contributed by atoms with Crippen LogP contribution in [0.25, 0.3) is 11.5 Å². The molecule has 0 amide bonds. The second-order valence-corrected chi connectivity index (χ2v) is 5.66. The largest absolute Gasteiger partial charge is 0.369 e. The summed E-state index contributed by atoms with van der Waals surface area (Å²) >= 11 is 3.64. The first kappa shape index (κ1) is 15.9. The summed E-state index contributed by atoms with van der Waals surface area (Å²) < 4.78 is 2.90. The summed E-state index contributed by atoms with van der Waals surface area (Å²) in [5, 5.41) is 7.68. The monoisotopic (exact) mass is 351 g/mol. The van der Waals surface area contributed by atoms with Crippen molar-refractivity contribution in [2.45, 2.75) is 46.6 Å². The van der Waals surface area contributed by atoms with Crippen LogP contribution in [0.3, 0.4) is 0 Å². The number of aromatic nitrogens is 4. The van der Waals surface area contributed by atoms with Crippen LogP contribution in [-0.4, -0.2) is 26.3 Å². The molecule has 114 valence electrons. The van der Waals surface area contributed by atoms with Crippen LogP contribution in [0.15, 0.2) is 16.7 Å². The highest BCUT2D eigenvalue weighted by atomic mass is 79.9. The first-order chi connectivity index (χ1) is 10.2. The first-order valence-corrected chi connectivity index (χ1v) is 8.32. The average molecular weight is 352 g/mol. The van der Waals surface area contributed by atoms with Gasteiger partial charge in [-0.25, -0.2) is 9.97 Å². The smallest absolute Gasteiger partial charge is 0.180 e. The molecule has 0 spiro atoms. The highest BCUT2D eigenvalue weighted by Crippen LogP contribution is 2.28. The van der Waals surface area contributed by atoms with Crippen molar-refractivity contribution < 1.29 is 0 Å². The molecule has 0 unspecified atom stereocenters. The zero-order chi connectivity index (χ0) is 15.2. The summed E-state index contributed by atoms with van der Waals surface area (Å²) in [6.45, 7) is 8.07. The van der Waals surface area contributed by atoms with Gasteiger partial charge in [0.05, 0.1) is 10.2 Å². The number of rotatable bonds is 7. The Morgan fingerprint density at radius 1 is 1.19 bits per heavy atom. The Morgan fingerprint density at radius 2 is 2.00 bits per heavy atom. The van der Waals surface area contributed by atoms with Gasteiger partial charge in [-0.2, -0.15) is 5.10 Å². The molecule has 6 heteroatoms. The molecular weight excluding hydrogens is 330 g/mol. The molecular formula is C15H22BrN5. The number of aryl methyl sites for hydroxylation is 2. The number of hydrogen-bond acceptors (Lipinski definition) is 4. The maximum absolute atomic E-state index is 4.72. The first-order valence-electron chi connectivity index (χ1n) is 7.53. The molecule has 5 nitrogen and oxygen atoms in total. The molecule has 21 heavy (non-hydrogen) atoms. The Morgan fingerprint density at radius 3 is 2.67 bits per heavy atom. The molecule has 2 aromatic heterocycles. The van der Waals surface area contributed by atoms with Crippen molar-refractivity contribution in [2.75, 3.05) is 11.9 Å². The lowest BCUT2D eigenvalue weighted by Crippen LogP contribution is -2.09. The molecule has 2 heterocycles. The normalized spacial score (nSPS) is 10.9. The van der Waals surface area contributed by atoms with Crippen molar-refractivity contribution in [2.24, 2.45) is 0 Å². The summed E-state index contributed by atoms with van der Waals surface area (Å²) in [5.74, 6) is 1.61. The summed E-state index contributed by atoms with van der Waals surface area (Å²) in [6, 6.07) is 1.96. The molecule has 0 saturated heterocycles. The van der Waals surface area contributed by atoms with Gasteiger partial charge in [-0.3, -0.25) is 4.68 Å². The maximum Gasteiger partial charge on any atom is 0.180 e. The van der Waals surface area contributed by atoms with Gasteiger partial charge in [0.25, 0.3) is 0 Å². The van der Waals surface area contributed by atoms with Gasteiger partial charge in [-0.1, -0.05) is 20.3 Å². The van der Waals surface area contributed by atoms with E-state index in [4.69, 9.17) is 4.98 Å². The van der Waals surface area contributed by atoms with E-state index < -0.39 is 0 Å². The number of nitrogens with one attached hydrogen (secondary N) is 1. The van der Waals surface area contributed by atoms with Gasteiger partial charge in [-0.05, 0) is 41.8 Å². The van der Waals surface area contributed by atoms with Crippen molar-refractivity contribution >= 4 is 21.7 Å². The summed E-state index contributed by atoms with van der Waals surface area (Å²) in [6.07, 6.45) is 4.83. The molecule has 0 aliphatic heterocycles. The van der Waals surface area contributed by atoms with Crippen LogP contribution in [0, 0.1) is 0 Å². The van der Waals surface area contributed by atoms with Gasteiger partial charge in [0.1, 0.15) is 11.5 Å². The molecule has 0 radical (unpaired) electrons. The van der Waals surface area contributed by atoms with Gasteiger partial charge >= 0.3 is 0 Å². The standard InChI is InChI=1S/C15H22BrN5/c1-4-7-11-13(16)15(17-9-5-2)20-14(19-11)12-8-10-18-21(12)6-3/h8,10H,4-7,9H2,1-3H3,(H,17,19,20). The molecule has 0 aliphatic rings. The van der Waals surface area contributed by atoms with Crippen LogP contribution in [0.5, 0.6) is 0 Å². The molecule has 2 rings (SSSR count). The zero-order valence-corrected chi connectivity index (χ0v) is 14.4. The Labute approximate surface area is 134 Å². The Kier molecular flexibility index (Phi) is 5.73. The topological polar surface area (TPSA) is 55.6 Å². The zero-order valence-electron chi connectivity index (χ0n) is 12.9. The molecule has 0 aromatic carbocycles. The minimum atomic E-state index is 0.736. The lowest BCUT2D eigenvalue weighted by Gasteiger charge is -2.13. The quantitative estimate of drug-likeness (QED) is 0.821. The predicted molar refractivity (Wildman–Crippen MR) is 89.4 cm³/mol. The Bertz CT molecular complexity index is 594. The lowest BCUT2D eigenvalue weighted by atomic mass is 10.2. The van der Waals surface area contributed by atoms with Crippen molar-refractivity contribution in [1.82, 2.24) is 19.7 Å². The fourth-order valence-corrected chi connectivity index (χ4v) is 2.66. The van der Waals surface area contributed by atoms with Gasteiger partial charge in [-0.15, -0.1) is 0 Å². The SMILES string of the molecule is CCCNc1nc(-c2ccnn2CC)nc(CCC)c1Br. The van der Waals surface area contributed by atoms with Crippen molar-refractivity contribution in [3.63, 3.8) is 0 Å². The molecule has 0 saturated carbocycles. The van der Waals surface area contributed by atoms with Crippen molar-refractivity contribution in [3.05, 3.63) is 22.4 Å². The third-order valence-electron chi connectivity index (χ3n) is 3.19. The second-order valence-electron chi connectivity index (χ2n) is 4.87. The summed E-state index contributed by atoms with van der Waals surface area (Å²) in [5.41, 5.74) is 2.01. The van der Waals surface area contributed by atoms with Crippen LogP contribution >= 0.6 is 15.9 Å². The predicted octanol–water partition coefficient (Wildman–Crippen LogP) is 3.90. The summed E-state index contributed by atoms with van der Waals surface area (Å²) in [7, 11) is 0. The van der Waals surface area contributed by atoms with Gasteiger partial charge in [0.15, 0.2) is 5.82 Å². The van der Waals surface area contributed by atoms with Gasteiger partial charge in [0, 0.05) is 19.3 Å². The van der Waals surface area contributed by atoms with Crippen LogP contribution in [0.1, 0.15) is 39.3 Å². The highest BCUT2D eigenvalue weighted by molar-refractivity contribution is 9.10. The van der Waals surface area contributed by atoms with E-state index >= 15 is 0 Å². The van der Waals surface area contributed by atoms with E-state index in [-0.39, 0.29) is 0 Å². The van der Waals surface area contributed by atoms with E-state index in [1.165, 1.54) is 0 Å². The highest BCUT2D eigenvalue weighted by Gasteiger charge is 2.15. The molecule has 2 aromatic rings. The number of anilines is 1. The Hall–Kier alpha value is -1.43. The maximum atomic E-state index is 4.72. The van der Waals surface area contributed by atoms with Crippen molar-refractivity contribution in [1.29, 1.82) is 0 Å². The number of hydrogen-bond donors (Lipinski definition) is 1. The van der Waals surface area contributed by atoms with E-state index in [2.05, 4.69) is 52.1 Å². The molecule has 0 bridgehead atoms. The second kappa shape index (κ2) is 7.54. The van der Waals surface area contributed by atoms with Crippen LogP contribution < -0.4 is 5.32 Å². The van der Waals surface area contributed by atoms with Gasteiger partial charge in [0.2, 0.25) is 0 Å². The summed E-state index contributed by atoms with van der Waals surface area (Å²) in [4.78, 5) is 9.40. The molecule has 0 atom stereocenters. The minimum Gasteiger partial charge on any atom is -0.369 e. The third kappa shape index (κ3) is 3.61. The van der Waals surface area contributed by atoms with Crippen LogP contribution in [-0.2, 0) is 13.0 Å². The average Bonchev–Trinajstić information content (AvgIpc) is 2.96.